The van der Waals surface area contributed by atoms with Crippen LogP contribution in [0.25, 0.3) is 11.1 Å². The number of Topliss-reactive ketones (excluding diaryl/α,β-unsaturated/α-hetero) is 1. The van der Waals surface area contributed by atoms with Gasteiger partial charge in [0.25, 0.3) is 0 Å². The quantitative estimate of drug-likeness (QED) is 0.476. The van der Waals surface area contributed by atoms with Gasteiger partial charge >= 0.3 is 5.97 Å². The zero-order valence-corrected chi connectivity index (χ0v) is 14.7. The number of methoxy groups -OCH3 is 1. The summed E-state index contributed by atoms with van der Waals surface area (Å²) in [7, 11) is 1.53. The lowest BCUT2D eigenvalue weighted by atomic mass is 10.1. The van der Waals surface area contributed by atoms with Crippen molar-refractivity contribution in [3.8, 4) is 5.75 Å². The van der Waals surface area contributed by atoms with E-state index in [0.717, 1.165) is 5.52 Å². The molecule has 3 rings (SSSR count). The Kier molecular flexibility index (Phi) is 5.31. The van der Waals surface area contributed by atoms with Crippen molar-refractivity contribution >= 4 is 22.9 Å². The summed E-state index contributed by atoms with van der Waals surface area (Å²) in [5.74, 6) is 0.639. The second-order valence-electron chi connectivity index (χ2n) is 5.82. The number of para-hydroxylation sites is 2. The van der Waals surface area contributed by atoms with E-state index in [-0.39, 0.29) is 24.8 Å². The minimum Gasteiger partial charge on any atom is -0.496 e. The molecule has 6 heteroatoms. The van der Waals surface area contributed by atoms with E-state index in [9.17, 15) is 9.59 Å². The maximum absolute atomic E-state index is 12.0. The molecule has 0 saturated carbocycles. The second-order valence-corrected chi connectivity index (χ2v) is 5.82. The average Bonchev–Trinajstić information content (AvgIpc) is 3.07. The van der Waals surface area contributed by atoms with Crippen LogP contribution in [0.2, 0.25) is 0 Å². The van der Waals surface area contributed by atoms with Gasteiger partial charge in [0.2, 0.25) is 0 Å². The molecule has 0 amide bonds. The number of carbonyl (C=O) groups is 2. The zero-order chi connectivity index (χ0) is 18.5. The maximum Gasteiger partial charge on any atom is 0.306 e. The predicted octanol–water partition coefficient (Wildman–Crippen LogP) is 3.72. The van der Waals surface area contributed by atoms with Gasteiger partial charge in [0.15, 0.2) is 17.3 Å². The van der Waals surface area contributed by atoms with E-state index in [0.29, 0.717) is 34.8 Å². The fraction of sp³-hybridized carbons (Fsp3) is 0.250. The Morgan fingerprint density at radius 2 is 1.96 bits per heavy atom. The van der Waals surface area contributed by atoms with Crippen molar-refractivity contribution in [2.24, 2.45) is 0 Å². The molecule has 0 aliphatic heterocycles. The van der Waals surface area contributed by atoms with E-state index in [1.165, 1.54) is 14.0 Å². The highest BCUT2D eigenvalue weighted by Crippen LogP contribution is 2.21. The lowest BCUT2D eigenvalue weighted by molar-refractivity contribution is -0.145. The summed E-state index contributed by atoms with van der Waals surface area (Å²) in [6.45, 7) is 1.52. The highest BCUT2D eigenvalue weighted by Gasteiger charge is 2.12. The molecule has 1 heterocycles. The van der Waals surface area contributed by atoms with Crippen LogP contribution in [0.3, 0.4) is 0 Å². The van der Waals surface area contributed by atoms with Crippen molar-refractivity contribution in [3.63, 3.8) is 0 Å². The van der Waals surface area contributed by atoms with Crippen molar-refractivity contribution in [2.75, 3.05) is 7.11 Å². The molecule has 0 saturated heterocycles. The largest absolute Gasteiger partial charge is 0.496 e. The van der Waals surface area contributed by atoms with Crippen LogP contribution in [-0.2, 0) is 22.6 Å². The summed E-state index contributed by atoms with van der Waals surface area (Å²) in [5.41, 5.74) is 2.65. The number of ether oxygens (including phenoxy) is 2. The molecule has 0 aliphatic rings. The number of aryl methyl sites for hydroxylation is 1. The molecule has 0 N–H and O–H groups in total. The Bertz CT molecular complexity index is 911. The summed E-state index contributed by atoms with van der Waals surface area (Å²) >= 11 is 0. The molecule has 0 unspecified atom stereocenters. The van der Waals surface area contributed by atoms with Gasteiger partial charge in [-0.05, 0) is 37.3 Å². The third-order valence-corrected chi connectivity index (χ3v) is 3.96. The number of aromatic nitrogens is 1. The number of hydrogen-bond acceptors (Lipinski definition) is 6. The first-order valence-electron chi connectivity index (χ1n) is 8.24. The number of fused-ring (bicyclic) bond motifs is 1. The smallest absolute Gasteiger partial charge is 0.306 e. The number of benzene rings is 2. The van der Waals surface area contributed by atoms with Crippen molar-refractivity contribution in [1.29, 1.82) is 0 Å². The Balaban J connectivity index is 1.58. The molecule has 3 aromatic rings. The van der Waals surface area contributed by atoms with Gasteiger partial charge in [-0.1, -0.05) is 12.1 Å². The third-order valence-electron chi connectivity index (χ3n) is 3.96. The van der Waals surface area contributed by atoms with Gasteiger partial charge in [-0.2, -0.15) is 0 Å². The maximum atomic E-state index is 12.0. The van der Waals surface area contributed by atoms with Crippen molar-refractivity contribution < 1.29 is 23.5 Å². The number of oxazole rings is 1. The molecule has 6 nitrogen and oxygen atoms in total. The standard InChI is InChI=1S/C20H19NO5/c1-13(22)14-7-8-17(24-2)15(11-14)12-25-20(23)10-9-19-21-16-5-3-4-6-18(16)26-19/h3-8,11H,9-10,12H2,1-2H3. The lowest BCUT2D eigenvalue weighted by Crippen LogP contribution is -2.07. The molecule has 0 spiro atoms. The lowest BCUT2D eigenvalue weighted by Gasteiger charge is -2.10. The van der Waals surface area contributed by atoms with Crippen LogP contribution in [-0.4, -0.2) is 23.8 Å². The molecule has 0 fully saturated rings. The van der Waals surface area contributed by atoms with Gasteiger partial charge in [0.05, 0.1) is 13.5 Å². The molecular weight excluding hydrogens is 334 g/mol. The fourth-order valence-corrected chi connectivity index (χ4v) is 2.58. The van der Waals surface area contributed by atoms with Gasteiger partial charge in [-0.3, -0.25) is 9.59 Å². The van der Waals surface area contributed by atoms with E-state index < -0.39 is 0 Å². The molecule has 26 heavy (non-hydrogen) atoms. The van der Waals surface area contributed by atoms with Crippen molar-refractivity contribution in [3.05, 3.63) is 59.5 Å². The summed E-state index contributed by atoms with van der Waals surface area (Å²) in [6, 6.07) is 12.5. The summed E-state index contributed by atoms with van der Waals surface area (Å²) < 4.78 is 16.1. The average molecular weight is 353 g/mol. The molecular formula is C20H19NO5. The van der Waals surface area contributed by atoms with E-state index >= 15 is 0 Å². The van der Waals surface area contributed by atoms with E-state index in [1.54, 1.807) is 18.2 Å². The topological polar surface area (TPSA) is 78.6 Å². The van der Waals surface area contributed by atoms with E-state index in [2.05, 4.69) is 4.98 Å². The third kappa shape index (κ3) is 4.08. The van der Waals surface area contributed by atoms with Crippen LogP contribution in [0.15, 0.2) is 46.9 Å². The number of esters is 1. The fourth-order valence-electron chi connectivity index (χ4n) is 2.58. The summed E-state index contributed by atoms with van der Waals surface area (Å²) in [6.07, 6.45) is 0.514. The first-order chi connectivity index (χ1) is 12.6. The van der Waals surface area contributed by atoms with Crippen LogP contribution in [0.1, 0.15) is 35.2 Å². The molecule has 2 aromatic carbocycles. The Morgan fingerprint density at radius 1 is 1.15 bits per heavy atom. The van der Waals surface area contributed by atoms with Crippen LogP contribution >= 0.6 is 0 Å². The highest BCUT2D eigenvalue weighted by molar-refractivity contribution is 5.94. The van der Waals surface area contributed by atoms with Crippen LogP contribution < -0.4 is 4.74 Å². The van der Waals surface area contributed by atoms with E-state index in [4.69, 9.17) is 13.9 Å². The van der Waals surface area contributed by atoms with Crippen molar-refractivity contribution in [1.82, 2.24) is 4.98 Å². The summed E-state index contributed by atoms with van der Waals surface area (Å²) in [5, 5.41) is 0. The van der Waals surface area contributed by atoms with Gasteiger partial charge < -0.3 is 13.9 Å². The second kappa shape index (κ2) is 7.82. The first-order valence-corrected chi connectivity index (χ1v) is 8.24. The first kappa shape index (κ1) is 17.7. The van der Waals surface area contributed by atoms with Gasteiger partial charge in [-0.25, -0.2) is 4.98 Å². The molecule has 0 radical (unpaired) electrons. The van der Waals surface area contributed by atoms with E-state index in [1.807, 2.05) is 24.3 Å². The number of rotatable bonds is 7. The minimum atomic E-state index is -0.373. The number of hydrogen-bond donors (Lipinski definition) is 0. The minimum absolute atomic E-state index is 0.0384. The Hall–Kier alpha value is -3.15. The normalized spacial score (nSPS) is 10.7. The SMILES string of the molecule is COc1ccc(C(C)=O)cc1COC(=O)CCc1nc2ccccc2o1. The number of ketones is 1. The molecule has 0 bridgehead atoms. The van der Waals surface area contributed by atoms with Crippen LogP contribution in [0.4, 0.5) is 0 Å². The van der Waals surface area contributed by atoms with Crippen LogP contribution in [0, 0.1) is 0 Å². The number of nitrogens with zero attached hydrogens (tertiary/aromatic N) is 1. The summed E-state index contributed by atoms with van der Waals surface area (Å²) in [4.78, 5) is 27.9. The highest BCUT2D eigenvalue weighted by atomic mass is 16.5. The molecule has 0 aliphatic carbocycles. The van der Waals surface area contributed by atoms with Gasteiger partial charge in [0, 0.05) is 17.5 Å². The predicted molar refractivity (Wildman–Crippen MR) is 95.1 cm³/mol. The Labute approximate surface area is 150 Å². The molecule has 134 valence electrons. The van der Waals surface area contributed by atoms with Gasteiger partial charge in [-0.15, -0.1) is 0 Å². The Morgan fingerprint density at radius 3 is 2.69 bits per heavy atom. The molecule has 0 atom stereocenters. The van der Waals surface area contributed by atoms with Crippen LogP contribution in [0.5, 0.6) is 5.75 Å². The van der Waals surface area contributed by atoms with Crippen molar-refractivity contribution in [2.45, 2.75) is 26.4 Å². The molecule has 1 aromatic heterocycles. The zero-order valence-electron chi connectivity index (χ0n) is 14.7. The number of carbonyl (C=O) groups excluding carboxylic acids is 2. The monoisotopic (exact) mass is 353 g/mol. The van der Waals surface area contributed by atoms with Gasteiger partial charge in [0.1, 0.15) is 17.9 Å².